The SMILES string of the molecule is O=C(O)CC(=O)c1ccc(N2CCOCC2)cc1Cl. The molecule has 102 valence electrons. The molecule has 0 unspecified atom stereocenters. The van der Waals surface area contributed by atoms with Gasteiger partial charge in [0.15, 0.2) is 5.78 Å². The van der Waals surface area contributed by atoms with E-state index in [-0.39, 0.29) is 10.6 Å². The minimum atomic E-state index is -1.15. The molecule has 0 saturated carbocycles. The van der Waals surface area contributed by atoms with Gasteiger partial charge in [-0.15, -0.1) is 0 Å². The normalized spacial score (nSPS) is 15.3. The maximum atomic E-state index is 11.7. The van der Waals surface area contributed by atoms with Crippen LogP contribution in [-0.2, 0) is 9.53 Å². The molecule has 0 spiro atoms. The molecule has 1 heterocycles. The Morgan fingerprint density at radius 1 is 1.32 bits per heavy atom. The highest BCUT2D eigenvalue weighted by Gasteiger charge is 2.17. The fraction of sp³-hybridized carbons (Fsp3) is 0.385. The van der Waals surface area contributed by atoms with E-state index in [0.29, 0.717) is 13.2 Å². The third-order valence-corrected chi connectivity index (χ3v) is 3.25. The molecule has 1 aliphatic heterocycles. The van der Waals surface area contributed by atoms with E-state index >= 15 is 0 Å². The van der Waals surface area contributed by atoms with Crippen LogP contribution < -0.4 is 4.90 Å². The van der Waals surface area contributed by atoms with Gasteiger partial charge in [0.25, 0.3) is 0 Å². The van der Waals surface area contributed by atoms with Crippen molar-refractivity contribution in [2.24, 2.45) is 0 Å². The van der Waals surface area contributed by atoms with Gasteiger partial charge in [-0.05, 0) is 18.2 Å². The number of nitrogens with zero attached hydrogens (tertiary/aromatic N) is 1. The summed E-state index contributed by atoms with van der Waals surface area (Å²) in [4.78, 5) is 24.3. The van der Waals surface area contributed by atoms with Crippen molar-refractivity contribution in [1.29, 1.82) is 0 Å². The second-order valence-electron chi connectivity index (χ2n) is 4.26. The molecule has 0 radical (unpaired) electrons. The van der Waals surface area contributed by atoms with E-state index in [2.05, 4.69) is 4.90 Å². The molecule has 1 aromatic carbocycles. The number of hydrogen-bond donors (Lipinski definition) is 1. The number of carbonyl (C=O) groups excluding carboxylic acids is 1. The average Bonchev–Trinajstić information content (AvgIpc) is 2.38. The number of Topliss-reactive ketones (excluding diaryl/α,β-unsaturated/α-hetero) is 1. The van der Waals surface area contributed by atoms with Gasteiger partial charge in [0.05, 0.1) is 18.2 Å². The summed E-state index contributed by atoms with van der Waals surface area (Å²) in [5.74, 6) is -1.63. The Bertz CT molecular complexity index is 497. The number of ether oxygens (including phenoxy) is 1. The lowest BCUT2D eigenvalue weighted by Gasteiger charge is -2.29. The number of carbonyl (C=O) groups is 2. The molecule has 0 bridgehead atoms. The predicted molar refractivity (Wildman–Crippen MR) is 71.1 cm³/mol. The first kappa shape index (κ1) is 13.8. The number of anilines is 1. The summed E-state index contributed by atoms with van der Waals surface area (Å²) < 4.78 is 5.26. The Kier molecular flexibility index (Phi) is 4.39. The van der Waals surface area contributed by atoms with Crippen molar-refractivity contribution in [2.45, 2.75) is 6.42 Å². The smallest absolute Gasteiger partial charge is 0.311 e. The molecule has 1 N–H and O–H groups in total. The summed E-state index contributed by atoms with van der Waals surface area (Å²) in [7, 11) is 0. The molecule has 19 heavy (non-hydrogen) atoms. The summed E-state index contributed by atoms with van der Waals surface area (Å²) in [5.41, 5.74) is 1.17. The van der Waals surface area contributed by atoms with E-state index in [0.717, 1.165) is 18.8 Å². The molecule has 5 nitrogen and oxygen atoms in total. The minimum Gasteiger partial charge on any atom is -0.481 e. The fourth-order valence-corrected chi connectivity index (χ4v) is 2.26. The number of halogens is 1. The highest BCUT2D eigenvalue weighted by molar-refractivity contribution is 6.34. The van der Waals surface area contributed by atoms with Crippen LogP contribution in [0.1, 0.15) is 16.8 Å². The zero-order valence-electron chi connectivity index (χ0n) is 10.3. The summed E-state index contributed by atoms with van der Waals surface area (Å²) in [6.07, 6.45) is -0.545. The lowest BCUT2D eigenvalue weighted by atomic mass is 10.1. The number of morpholine rings is 1. The Morgan fingerprint density at radius 3 is 2.58 bits per heavy atom. The molecule has 0 aromatic heterocycles. The molecule has 2 rings (SSSR count). The number of carboxylic acids is 1. The first-order valence-electron chi connectivity index (χ1n) is 5.95. The standard InChI is InChI=1S/C13H14ClNO4/c14-11-7-9(15-3-5-19-6-4-15)1-2-10(11)12(16)8-13(17)18/h1-2,7H,3-6,8H2,(H,17,18). The van der Waals surface area contributed by atoms with Crippen LogP contribution in [-0.4, -0.2) is 43.2 Å². The van der Waals surface area contributed by atoms with E-state index in [1.54, 1.807) is 18.2 Å². The van der Waals surface area contributed by atoms with Crippen molar-refractivity contribution in [1.82, 2.24) is 0 Å². The number of aliphatic carboxylic acids is 1. The monoisotopic (exact) mass is 283 g/mol. The highest BCUT2D eigenvalue weighted by Crippen LogP contribution is 2.25. The lowest BCUT2D eigenvalue weighted by Crippen LogP contribution is -2.36. The van der Waals surface area contributed by atoms with Crippen molar-refractivity contribution in [3.63, 3.8) is 0 Å². The number of rotatable bonds is 4. The van der Waals surface area contributed by atoms with Crippen molar-refractivity contribution in [2.75, 3.05) is 31.2 Å². The van der Waals surface area contributed by atoms with E-state index in [4.69, 9.17) is 21.4 Å². The van der Waals surface area contributed by atoms with E-state index in [1.165, 1.54) is 0 Å². The van der Waals surface area contributed by atoms with Crippen LogP contribution in [0.15, 0.2) is 18.2 Å². The molecule has 1 aromatic rings. The minimum absolute atomic E-state index is 0.251. The van der Waals surface area contributed by atoms with Gasteiger partial charge in [0, 0.05) is 24.3 Å². The van der Waals surface area contributed by atoms with Crippen LogP contribution in [0, 0.1) is 0 Å². The van der Waals surface area contributed by atoms with Gasteiger partial charge in [0.1, 0.15) is 6.42 Å². The number of hydrogen-bond acceptors (Lipinski definition) is 4. The van der Waals surface area contributed by atoms with Crippen LogP contribution in [0.3, 0.4) is 0 Å². The van der Waals surface area contributed by atoms with E-state index < -0.39 is 18.2 Å². The maximum absolute atomic E-state index is 11.7. The number of ketones is 1. The second kappa shape index (κ2) is 6.04. The maximum Gasteiger partial charge on any atom is 0.311 e. The van der Waals surface area contributed by atoms with Crippen molar-refractivity contribution in [3.05, 3.63) is 28.8 Å². The Labute approximate surface area is 115 Å². The highest BCUT2D eigenvalue weighted by atomic mass is 35.5. The predicted octanol–water partition coefficient (Wildman–Crippen LogP) is 1.83. The zero-order valence-corrected chi connectivity index (χ0v) is 11.0. The van der Waals surface area contributed by atoms with E-state index in [1.807, 2.05) is 0 Å². The Balaban J connectivity index is 2.16. The average molecular weight is 284 g/mol. The van der Waals surface area contributed by atoms with Gasteiger partial charge >= 0.3 is 5.97 Å². The quantitative estimate of drug-likeness (QED) is 0.674. The summed E-state index contributed by atoms with van der Waals surface area (Å²) in [6.45, 7) is 2.88. The van der Waals surface area contributed by atoms with Crippen LogP contribution in [0.2, 0.25) is 5.02 Å². The number of benzene rings is 1. The van der Waals surface area contributed by atoms with Crippen LogP contribution in [0.25, 0.3) is 0 Å². The summed E-state index contributed by atoms with van der Waals surface area (Å²) in [5, 5.41) is 8.90. The van der Waals surface area contributed by atoms with Gasteiger partial charge in [-0.3, -0.25) is 9.59 Å². The molecule has 0 amide bonds. The Hall–Kier alpha value is -1.59. The topological polar surface area (TPSA) is 66.8 Å². The molecule has 1 saturated heterocycles. The molecular formula is C13H14ClNO4. The molecule has 1 aliphatic rings. The lowest BCUT2D eigenvalue weighted by molar-refractivity contribution is -0.135. The largest absolute Gasteiger partial charge is 0.481 e. The van der Waals surface area contributed by atoms with Gasteiger partial charge in [-0.2, -0.15) is 0 Å². The molecule has 0 aliphatic carbocycles. The summed E-state index contributed by atoms with van der Waals surface area (Å²) >= 11 is 6.06. The first-order valence-corrected chi connectivity index (χ1v) is 6.33. The van der Waals surface area contributed by atoms with Gasteiger partial charge in [0.2, 0.25) is 0 Å². The Morgan fingerprint density at radius 2 is 2.00 bits per heavy atom. The second-order valence-corrected chi connectivity index (χ2v) is 4.66. The zero-order chi connectivity index (χ0) is 13.8. The molecule has 0 atom stereocenters. The molecule has 6 heteroatoms. The van der Waals surface area contributed by atoms with E-state index in [9.17, 15) is 9.59 Å². The van der Waals surface area contributed by atoms with Crippen LogP contribution >= 0.6 is 11.6 Å². The molecular weight excluding hydrogens is 270 g/mol. The van der Waals surface area contributed by atoms with Crippen molar-refractivity contribution in [3.8, 4) is 0 Å². The summed E-state index contributed by atoms with van der Waals surface area (Å²) in [6, 6.07) is 5.06. The van der Waals surface area contributed by atoms with Gasteiger partial charge in [-0.1, -0.05) is 11.6 Å². The van der Waals surface area contributed by atoms with Gasteiger partial charge < -0.3 is 14.7 Å². The third-order valence-electron chi connectivity index (χ3n) is 2.94. The first-order chi connectivity index (χ1) is 9.08. The third kappa shape index (κ3) is 3.45. The van der Waals surface area contributed by atoms with Crippen molar-refractivity contribution >= 4 is 29.0 Å². The van der Waals surface area contributed by atoms with Crippen LogP contribution in [0.4, 0.5) is 5.69 Å². The van der Waals surface area contributed by atoms with Gasteiger partial charge in [-0.25, -0.2) is 0 Å². The fourth-order valence-electron chi connectivity index (χ4n) is 1.98. The number of carboxylic acid groups (broad SMARTS) is 1. The molecule has 1 fully saturated rings. The van der Waals surface area contributed by atoms with Crippen LogP contribution in [0.5, 0.6) is 0 Å². The van der Waals surface area contributed by atoms with Crippen molar-refractivity contribution < 1.29 is 19.4 Å².